The van der Waals surface area contributed by atoms with Gasteiger partial charge in [0.25, 0.3) is 0 Å². The van der Waals surface area contributed by atoms with E-state index in [-0.39, 0.29) is 0 Å². The molecule has 5 heteroatoms. The third kappa shape index (κ3) is 3.47. The molecule has 0 spiro atoms. The van der Waals surface area contributed by atoms with Crippen molar-refractivity contribution in [1.29, 1.82) is 0 Å². The largest absolute Gasteiger partial charge is 0.360 e. The number of nitrogens with one attached hydrogen (secondary N) is 2. The smallest absolute Gasteiger partial charge is 0.171 e. The standard InChI is InChI=1S/C12H14Cl2N2S/c13-9-6-3-7-10(14)11(9)16-12(17)15-8-4-1-2-5-8/h3,6-8H,1-2,4-5H2,(H2,15,16,17). The van der Waals surface area contributed by atoms with Crippen LogP contribution in [0.25, 0.3) is 0 Å². The van der Waals surface area contributed by atoms with Gasteiger partial charge < -0.3 is 10.6 Å². The molecule has 1 fully saturated rings. The molecule has 0 aliphatic heterocycles. The Morgan fingerprint density at radius 2 is 1.76 bits per heavy atom. The maximum absolute atomic E-state index is 6.06. The molecule has 1 aromatic rings. The Hall–Kier alpha value is -0.510. The van der Waals surface area contributed by atoms with Crippen molar-refractivity contribution in [2.24, 2.45) is 0 Å². The molecule has 0 amide bonds. The summed E-state index contributed by atoms with van der Waals surface area (Å²) in [6.07, 6.45) is 4.90. The van der Waals surface area contributed by atoms with Gasteiger partial charge in [0.05, 0.1) is 15.7 Å². The van der Waals surface area contributed by atoms with Crippen LogP contribution in [-0.2, 0) is 0 Å². The Bertz CT molecular complexity index is 397. The van der Waals surface area contributed by atoms with E-state index < -0.39 is 0 Å². The van der Waals surface area contributed by atoms with Gasteiger partial charge in [-0.05, 0) is 37.2 Å². The highest BCUT2D eigenvalue weighted by Gasteiger charge is 2.16. The molecular formula is C12H14Cl2N2S. The number of benzene rings is 1. The van der Waals surface area contributed by atoms with Crippen molar-refractivity contribution >= 4 is 46.2 Å². The third-order valence-electron chi connectivity index (χ3n) is 2.89. The summed E-state index contributed by atoms with van der Waals surface area (Å²) in [5.41, 5.74) is 0.673. The van der Waals surface area contributed by atoms with Crippen LogP contribution in [0, 0.1) is 0 Å². The molecule has 1 saturated carbocycles. The summed E-state index contributed by atoms with van der Waals surface area (Å²) >= 11 is 17.4. The lowest BCUT2D eigenvalue weighted by molar-refractivity contribution is 0.634. The van der Waals surface area contributed by atoms with E-state index in [1.807, 2.05) is 6.07 Å². The number of hydrogen-bond acceptors (Lipinski definition) is 1. The minimum atomic E-state index is 0.483. The van der Waals surface area contributed by atoms with Crippen LogP contribution in [0.1, 0.15) is 25.7 Å². The summed E-state index contributed by atoms with van der Waals surface area (Å²) in [7, 11) is 0. The molecule has 92 valence electrons. The van der Waals surface area contributed by atoms with Gasteiger partial charge in [-0.15, -0.1) is 0 Å². The maximum atomic E-state index is 6.06. The average Bonchev–Trinajstić information content (AvgIpc) is 2.76. The fourth-order valence-corrected chi connectivity index (χ4v) is 2.78. The van der Waals surface area contributed by atoms with Crippen molar-refractivity contribution < 1.29 is 0 Å². The monoisotopic (exact) mass is 288 g/mol. The predicted molar refractivity (Wildman–Crippen MR) is 78.1 cm³/mol. The van der Waals surface area contributed by atoms with Gasteiger partial charge in [-0.1, -0.05) is 42.1 Å². The minimum absolute atomic E-state index is 0.483. The lowest BCUT2D eigenvalue weighted by atomic mass is 10.2. The van der Waals surface area contributed by atoms with Gasteiger partial charge in [-0.25, -0.2) is 0 Å². The summed E-state index contributed by atoms with van der Waals surface area (Å²) in [5.74, 6) is 0. The van der Waals surface area contributed by atoms with E-state index in [1.165, 1.54) is 25.7 Å². The van der Waals surface area contributed by atoms with Crippen LogP contribution in [0.3, 0.4) is 0 Å². The number of halogens is 2. The molecule has 2 rings (SSSR count). The zero-order valence-corrected chi connectivity index (χ0v) is 11.6. The van der Waals surface area contributed by atoms with Crippen molar-refractivity contribution in [3.05, 3.63) is 28.2 Å². The molecule has 0 unspecified atom stereocenters. The van der Waals surface area contributed by atoms with E-state index in [2.05, 4.69) is 10.6 Å². The second-order valence-electron chi connectivity index (χ2n) is 4.18. The minimum Gasteiger partial charge on any atom is -0.360 e. The molecule has 1 aromatic carbocycles. The van der Waals surface area contributed by atoms with E-state index >= 15 is 0 Å². The molecule has 0 radical (unpaired) electrons. The van der Waals surface area contributed by atoms with Crippen LogP contribution >= 0.6 is 35.4 Å². The van der Waals surface area contributed by atoms with Crippen molar-refractivity contribution in [2.45, 2.75) is 31.7 Å². The first-order valence-corrected chi connectivity index (χ1v) is 6.85. The Labute approximate surface area is 117 Å². The van der Waals surface area contributed by atoms with Gasteiger partial charge in [0.2, 0.25) is 0 Å². The van der Waals surface area contributed by atoms with Gasteiger partial charge in [-0.3, -0.25) is 0 Å². The van der Waals surface area contributed by atoms with Crippen LogP contribution in [0.2, 0.25) is 10.0 Å². The number of para-hydroxylation sites is 1. The first-order valence-electron chi connectivity index (χ1n) is 5.68. The first kappa shape index (κ1) is 12.9. The number of rotatable bonds is 2. The average molecular weight is 289 g/mol. The molecular weight excluding hydrogens is 275 g/mol. The summed E-state index contributed by atoms with van der Waals surface area (Å²) in [4.78, 5) is 0. The summed E-state index contributed by atoms with van der Waals surface area (Å²) in [6, 6.07) is 5.86. The van der Waals surface area contributed by atoms with Gasteiger partial charge in [0.1, 0.15) is 0 Å². The van der Waals surface area contributed by atoms with E-state index in [9.17, 15) is 0 Å². The second-order valence-corrected chi connectivity index (χ2v) is 5.40. The molecule has 0 saturated heterocycles. The van der Waals surface area contributed by atoms with Crippen LogP contribution in [0.15, 0.2) is 18.2 Å². The molecule has 17 heavy (non-hydrogen) atoms. The lowest BCUT2D eigenvalue weighted by Crippen LogP contribution is -2.36. The zero-order valence-electron chi connectivity index (χ0n) is 9.30. The molecule has 0 aromatic heterocycles. The quantitative estimate of drug-likeness (QED) is 0.797. The highest BCUT2D eigenvalue weighted by molar-refractivity contribution is 7.80. The topological polar surface area (TPSA) is 24.1 Å². The number of anilines is 1. The molecule has 1 aliphatic rings. The zero-order chi connectivity index (χ0) is 12.3. The van der Waals surface area contributed by atoms with E-state index in [0.29, 0.717) is 26.9 Å². The molecule has 2 nitrogen and oxygen atoms in total. The number of hydrogen-bond donors (Lipinski definition) is 2. The van der Waals surface area contributed by atoms with Crippen LogP contribution in [-0.4, -0.2) is 11.2 Å². The molecule has 1 aliphatic carbocycles. The van der Waals surface area contributed by atoms with Crippen molar-refractivity contribution in [3.63, 3.8) is 0 Å². The molecule has 2 N–H and O–H groups in total. The predicted octanol–water partition coefficient (Wildman–Crippen LogP) is 4.22. The SMILES string of the molecule is S=C(Nc1c(Cl)cccc1Cl)NC1CCCC1. The highest BCUT2D eigenvalue weighted by atomic mass is 35.5. The van der Waals surface area contributed by atoms with Gasteiger partial charge in [0.15, 0.2) is 5.11 Å². The van der Waals surface area contributed by atoms with E-state index in [1.54, 1.807) is 12.1 Å². The Morgan fingerprint density at radius 3 is 2.35 bits per heavy atom. The Morgan fingerprint density at radius 1 is 1.18 bits per heavy atom. The lowest BCUT2D eigenvalue weighted by Gasteiger charge is -2.17. The van der Waals surface area contributed by atoms with Crippen LogP contribution < -0.4 is 10.6 Å². The molecule has 0 bridgehead atoms. The summed E-state index contributed by atoms with van der Waals surface area (Å²) < 4.78 is 0. The molecule has 0 heterocycles. The Kier molecular flexibility index (Phi) is 4.48. The van der Waals surface area contributed by atoms with Gasteiger partial charge >= 0.3 is 0 Å². The van der Waals surface area contributed by atoms with Crippen LogP contribution in [0.4, 0.5) is 5.69 Å². The maximum Gasteiger partial charge on any atom is 0.171 e. The normalized spacial score (nSPS) is 15.9. The first-order chi connectivity index (χ1) is 8.16. The second kappa shape index (κ2) is 5.89. The summed E-state index contributed by atoms with van der Waals surface area (Å²) in [6.45, 7) is 0. The third-order valence-corrected chi connectivity index (χ3v) is 3.74. The fraction of sp³-hybridized carbons (Fsp3) is 0.417. The van der Waals surface area contributed by atoms with Crippen molar-refractivity contribution in [1.82, 2.24) is 5.32 Å². The highest BCUT2D eigenvalue weighted by Crippen LogP contribution is 2.29. The van der Waals surface area contributed by atoms with Gasteiger partial charge in [0, 0.05) is 6.04 Å². The van der Waals surface area contributed by atoms with Crippen molar-refractivity contribution in [3.8, 4) is 0 Å². The van der Waals surface area contributed by atoms with E-state index in [0.717, 1.165) is 0 Å². The van der Waals surface area contributed by atoms with E-state index in [4.69, 9.17) is 35.4 Å². The summed E-state index contributed by atoms with van der Waals surface area (Å²) in [5, 5.41) is 8.09. The number of thiocarbonyl (C=S) groups is 1. The van der Waals surface area contributed by atoms with Crippen molar-refractivity contribution in [2.75, 3.05) is 5.32 Å². The Balaban J connectivity index is 1.97. The fourth-order valence-electron chi connectivity index (χ4n) is 2.02. The molecule has 0 atom stereocenters. The van der Waals surface area contributed by atoms with Gasteiger partial charge in [-0.2, -0.15) is 0 Å². The van der Waals surface area contributed by atoms with Crippen LogP contribution in [0.5, 0.6) is 0 Å².